The second kappa shape index (κ2) is 13.7. The van der Waals surface area contributed by atoms with E-state index in [0.29, 0.717) is 17.5 Å². The molecule has 0 radical (unpaired) electrons. The molecule has 0 saturated carbocycles. The van der Waals surface area contributed by atoms with Crippen molar-refractivity contribution in [2.75, 3.05) is 0 Å². The minimum atomic E-state index is 0.603. The van der Waals surface area contributed by atoms with Crippen molar-refractivity contribution in [3.8, 4) is 78.7 Å². The molecular formula is C53H35N3O. The van der Waals surface area contributed by atoms with E-state index in [-0.39, 0.29) is 0 Å². The number of furan rings is 1. The molecule has 0 unspecified atom stereocenters. The number of hydrogen-bond donors (Lipinski definition) is 0. The van der Waals surface area contributed by atoms with E-state index in [1.54, 1.807) is 0 Å². The Labute approximate surface area is 330 Å². The molecule has 0 amide bonds. The fourth-order valence-electron chi connectivity index (χ4n) is 8.52. The Hall–Kier alpha value is -7.43. The van der Waals surface area contributed by atoms with E-state index in [0.717, 1.165) is 57.0 Å². The van der Waals surface area contributed by atoms with E-state index in [4.69, 9.17) is 19.4 Å². The van der Waals surface area contributed by atoms with Gasteiger partial charge in [0.1, 0.15) is 11.2 Å². The first-order valence-electron chi connectivity index (χ1n) is 19.5. The first kappa shape index (κ1) is 33.0. The molecule has 0 atom stereocenters. The van der Waals surface area contributed by atoms with Gasteiger partial charge in [-0.2, -0.15) is 0 Å². The molecule has 0 saturated heterocycles. The van der Waals surface area contributed by atoms with Crippen molar-refractivity contribution in [1.29, 1.82) is 0 Å². The maximum Gasteiger partial charge on any atom is 0.164 e. The normalized spacial score (nSPS) is 12.1. The number of aromatic nitrogens is 3. The van der Waals surface area contributed by atoms with Gasteiger partial charge in [0.15, 0.2) is 17.5 Å². The third-order valence-electron chi connectivity index (χ3n) is 11.3. The summed E-state index contributed by atoms with van der Waals surface area (Å²) >= 11 is 0. The van der Waals surface area contributed by atoms with E-state index in [1.807, 2.05) is 54.6 Å². The highest BCUT2D eigenvalue weighted by Crippen LogP contribution is 2.43. The molecule has 268 valence electrons. The molecule has 0 bridgehead atoms. The molecule has 4 nitrogen and oxygen atoms in total. The van der Waals surface area contributed by atoms with Crippen LogP contribution in [0.1, 0.15) is 11.1 Å². The van der Waals surface area contributed by atoms with Crippen LogP contribution in [-0.4, -0.2) is 15.0 Å². The first-order chi connectivity index (χ1) is 28.2. The second-order valence-electron chi connectivity index (χ2n) is 14.7. The SMILES string of the molecule is c1ccc(-c2ccc(-c3cccc4c3CCc3c(-c5cccc(-c6nc(-c7ccccc7)nc(-c7ccc8c(c7)oc7ccccc78)n6)c5)cccc3-4)cc2)cc1. The monoisotopic (exact) mass is 729 g/mol. The molecule has 4 heteroatoms. The van der Waals surface area contributed by atoms with Crippen molar-refractivity contribution in [3.63, 3.8) is 0 Å². The Morgan fingerprint density at radius 2 is 0.754 bits per heavy atom. The van der Waals surface area contributed by atoms with Crippen molar-refractivity contribution in [3.05, 3.63) is 199 Å². The summed E-state index contributed by atoms with van der Waals surface area (Å²) in [5, 5.41) is 2.17. The lowest BCUT2D eigenvalue weighted by Gasteiger charge is -2.25. The van der Waals surface area contributed by atoms with Crippen LogP contribution in [0.5, 0.6) is 0 Å². The highest BCUT2D eigenvalue weighted by atomic mass is 16.3. The number of fused-ring (bicyclic) bond motifs is 6. The van der Waals surface area contributed by atoms with Crippen molar-refractivity contribution in [2.45, 2.75) is 12.8 Å². The Kier molecular flexibility index (Phi) is 7.92. The van der Waals surface area contributed by atoms with Gasteiger partial charge in [0.2, 0.25) is 0 Å². The Morgan fingerprint density at radius 3 is 1.46 bits per heavy atom. The van der Waals surface area contributed by atoms with E-state index in [9.17, 15) is 0 Å². The summed E-state index contributed by atoms with van der Waals surface area (Å²) in [6, 6.07) is 66.2. The number of benzene rings is 8. The van der Waals surface area contributed by atoms with Gasteiger partial charge in [-0.1, -0.05) is 164 Å². The highest BCUT2D eigenvalue weighted by Gasteiger charge is 2.23. The molecule has 2 heterocycles. The fourth-order valence-corrected chi connectivity index (χ4v) is 8.52. The zero-order valence-electron chi connectivity index (χ0n) is 31.1. The quantitative estimate of drug-likeness (QED) is 0.171. The van der Waals surface area contributed by atoms with Crippen LogP contribution in [0, 0.1) is 0 Å². The van der Waals surface area contributed by atoms with Crippen molar-refractivity contribution in [1.82, 2.24) is 15.0 Å². The van der Waals surface area contributed by atoms with Gasteiger partial charge < -0.3 is 4.42 Å². The third-order valence-corrected chi connectivity index (χ3v) is 11.3. The van der Waals surface area contributed by atoms with Crippen molar-refractivity contribution in [2.24, 2.45) is 0 Å². The minimum Gasteiger partial charge on any atom is -0.456 e. The summed E-state index contributed by atoms with van der Waals surface area (Å²) in [4.78, 5) is 15.2. The van der Waals surface area contributed by atoms with Crippen LogP contribution >= 0.6 is 0 Å². The van der Waals surface area contributed by atoms with E-state index in [2.05, 4.69) is 133 Å². The zero-order valence-corrected chi connectivity index (χ0v) is 31.1. The van der Waals surface area contributed by atoms with Crippen LogP contribution in [0.25, 0.3) is 101 Å². The standard InChI is InChI=1S/C53H35N3O/c1-3-12-34(13-4-1)35-24-26-36(27-25-35)41-19-10-21-43-44-22-11-20-42(46(44)31-30-45(41)43)38-16-9-17-39(32-38)52-54-51(37-14-5-2-6-15-37)55-53(56-52)40-28-29-48-47-18-7-8-23-49(47)57-50(48)33-40/h1-29,32-33H,30-31H2. The van der Waals surface area contributed by atoms with Gasteiger partial charge in [0, 0.05) is 27.5 Å². The highest BCUT2D eigenvalue weighted by molar-refractivity contribution is 6.05. The zero-order chi connectivity index (χ0) is 37.7. The Morgan fingerprint density at radius 1 is 0.298 bits per heavy atom. The smallest absolute Gasteiger partial charge is 0.164 e. The lowest BCUT2D eigenvalue weighted by Crippen LogP contribution is -2.07. The lowest BCUT2D eigenvalue weighted by molar-refractivity contribution is 0.669. The molecule has 2 aromatic heterocycles. The number of rotatable bonds is 6. The topological polar surface area (TPSA) is 51.8 Å². The molecule has 8 aromatic carbocycles. The van der Waals surface area contributed by atoms with E-state index >= 15 is 0 Å². The van der Waals surface area contributed by atoms with E-state index < -0.39 is 0 Å². The molecule has 0 aliphatic heterocycles. The van der Waals surface area contributed by atoms with Gasteiger partial charge in [-0.3, -0.25) is 0 Å². The Bertz CT molecular complexity index is 3110. The summed E-state index contributed by atoms with van der Waals surface area (Å²) in [6.45, 7) is 0. The van der Waals surface area contributed by atoms with Gasteiger partial charge in [0.25, 0.3) is 0 Å². The van der Waals surface area contributed by atoms with Crippen LogP contribution in [0.4, 0.5) is 0 Å². The van der Waals surface area contributed by atoms with Crippen molar-refractivity contribution >= 4 is 21.9 Å². The molecule has 0 N–H and O–H groups in total. The Balaban J connectivity index is 0.976. The van der Waals surface area contributed by atoms with Crippen LogP contribution in [0.15, 0.2) is 192 Å². The summed E-state index contributed by atoms with van der Waals surface area (Å²) in [7, 11) is 0. The number of hydrogen-bond acceptors (Lipinski definition) is 4. The van der Waals surface area contributed by atoms with Gasteiger partial charge in [-0.25, -0.2) is 15.0 Å². The summed E-state index contributed by atoms with van der Waals surface area (Å²) in [5.41, 5.74) is 17.2. The fraction of sp³-hybridized carbons (Fsp3) is 0.0377. The van der Waals surface area contributed by atoms with Crippen LogP contribution in [0.2, 0.25) is 0 Å². The van der Waals surface area contributed by atoms with Gasteiger partial charge in [-0.05, 0) is 92.7 Å². The van der Waals surface area contributed by atoms with Gasteiger partial charge >= 0.3 is 0 Å². The van der Waals surface area contributed by atoms with Gasteiger partial charge in [0.05, 0.1) is 0 Å². The minimum absolute atomic E-state index is 0.603. The maximum atomic E-state index is 6.25. The molecule has 1 aliphatic rings. The van der Waals surface area contributed by atoms with Gasteiger partial charge in [-0.15, -0.1) is 0 Å². The second-order valence-corrected chi connectivity index (χ2v) is 14.7. The van der Waals surface area contributed by atoms with Crippen LogP contribution in [-0.2, 0) is 12.8 Å². The molecule has 11 rings (SSSR count). The average Bonchev–Trinajstić information content (AvgIpc) is 3.67. The molecule has 10 aromatic rings. The van der Waals surface area contributed by atoms with Crippen molar-refractivity contribution < 1.29 is 4.42 Å². The van der Waals surface area contributed by atoms with Crippen LogP contribution in [0.3, 0.4) is 0 Å². The lowest BCUT2D eigenvalue weighted by atomic mass is 9.79. The predicted octanol–water partition coefficient (Wildman–Crippen LogP) is 13.5. The summed E-state index contributed by atoms with van der Waals surface area (Å²) < 4.78 is 6.25. The maximum absolute atomic E-state index is 6.25. The van der Waals surface area contributed by atoms with E-state index in [1.165, 1.54) is 50.1 Å². The number of para-hydroxylation sites is 1. The number of nitrogens with zero attached hydrogens (tertiary/aromatic N) is 3. The van der Waals surface area contributed by atoms with Crippen LogP contribution < -0.4 is 0 Å². The molecule has 57 heavy (non-hydrogen) atoms. The average molecular weight is 730 g/mol. The summed E-state index contributed by atoms with van der Waals surface area (Å²) in [5.74, 6) is 1.86. The molecule has 1 aliphatic carbocycles. The molecule has 0 fully saturated rings. The molecule has 0 spiro atoms. The third kappa shape index (κ3) is 5.90. The summed E-state index contributed by atoms with van der Waals surface area (Å²) in [6.07, 6.45) is 1.93. The largest absolute Gasteiger partial charge is 0.456 e. The predicted molar refractivity (Wildman–Crippen MR) is 233 cm³/mol. The molecular weight excluding hydrogens is 695 g/mol. The first-order valence-corrected chi connectivity index (χ1v) is 19.5.